The van der Waals surface area contributed by atoms with Crippen molar-refractivity contribution in [3.8, 4) is 0 Å². The third-order valence-electron chi connectivity index (χ3n) is 6.49. The lowest BCUT2D eigenvalue weighted by Crippen LogP contribution is -2.28. The molecule has 2 unspecified atom stereocenters. The first kappa shape index (κ1) is 40.4. The number of phosphoric ester groups is 1. The molecular formula is C29H59NO10P-. The van der Waals surface area contributed by atoms with Gasteiger partial charge in [-0.3, -0.25) is 9.36 Å². The largest absolute Gasteiger partial charge is 0.756 e. The fourth-order valence-corrected chi connectivity index (χ4v) is 4.50. The predicted molar refractivity (Wildman–Crippen MR) is 158 cm³/mol. The van der Waals surface area contributed by atoms with E-state index < -0.39 is 7.82 Å². The van der Waals surface area contributed by atoms with Crippen LogP contribution in [0.4, 0.5) is 0 Å². The Morgan fingerprint density at radius 2 is 1.17 bits per heavy atom. The van der Waals surface area contributed by atoms with E-state index in [1.807, 2.05) is 0 Å². The van der Waals surface area contributed by atoms with Gasteiger partial charge in [-0.2, -0.15) is 0 Å². The van der Waals surface area contributed by atoms with Gasteiger partial charge in [0.25, 0.3) is 7.82 Å². The number of amides is 1. The Bertz CT molecular complexity index is 614. The molecule has 0 aliphatic carbocycles. The molecule has 0 aliphatic heterocycles. The molecule has 0 fully saturated rings. The van der Waals surface area contributed by atoms with Crippen LogP contribution < -0.4 is 10.2 Å². The third kappa shape index (κ3) is 30.6. The van der Waals surface area contributed by atoms with Crippen LogP contribution in [0.25, 0.3) is 0 Å². The first-order chi connectivity index (χ1) is 19.9. The van der Waals surface area contributed by atoms with Crippen molar-refractivity contribution >= 4 is 13.7 Å². The smallest absolute Gasteiger partial charge is 0.267 e. The minimum atomic E-state index is -4.07. The number of carbonyl (C=O) groups excluding carboxylic acids is 1. The summed E-state index contributed by atoms with van der Waals surface area (Å²) in [6.07, 6.45) is 15.4. The molecule has 12 heteroatoms. The molecular weight excluding hydrogens is 553 g/mol. The monoisotopic (exact) mass is 612 g/mol. The second-order valence-electron chi connectivity index (χ2n) is 10.1. The summed E-state index contributed by atoms with van der Waals surface area (Å²) in [5.41, 5.74) is 0. The van der Waals surface area contributed by atoms with E-state index in [1.165, 1.54) is 25.7 Å². The molecule has 0 rings (SSSR count). The number of hydrogen-bond donors (Lipinski definition) is 1. The van der Waals surface area contributed by atoms with Gasteiger partial charge in [-0.05, 0) is 25.7 Å². The maximum Gasteiger partial charge on any atom is 0.267 e. The van der Waals surface area contributed by atoms with Crippen molar-refractivity contribution in [1.29, 1.82) is 0 Å². The summed E-state index contributed by atoms with van der Waals surface area (Å²) in [6, 6.07) is 0. The van der Waals surface area contributed by atoms with Crippen LogP contribution in [0.5, 0.6) is 0 Å². The number of nitrogens with one attached hydrogen (secondary N) is 1. The van der Waals surface area contributed by atoms with Crippen LogP contribution in [0, 0.1) is 0 Å². The molecule has 0 saturated carbocycles. The van der Waals surface area contributed by atoms with Gasteiger partial charge in [0.15, 0.2) is 0 Å². The second-order valence-corrected chi connectivity index (χ2v) is 11.7. The molecule has 41 heavy (non-hydrogen) atoms. The quantitative estimate of drug-likeness (QED) is 0.0814. The van der Waals surface area contributed by atoms with E-state index in [4.69, 9.17) is 28.2 Å². The van der Waals surface area contributed by atoms with E-state index in [2.05, 4.69) is 9.84 Å². The highest BCUT2D eigenvalue weighted by Gasteiger charge is 2.10. The summed E-state index contributed by atoms with van der Waals surface area (Å²) in [4.78, 5) is 23.1. The minimum absolute atomic E-state index is 0.119. The number of methoxy groups -OCH3 is 2. The lowest BCUT2D eigenvalue weighted by molar-refractivity contribution is -0.223. The topological polar surface area (TPSA) is 134 Å². The fraction of sp³-hybridized carbons (Fsp3) is 0.966. The highest BCUT2D eigenvalue weighted by molar-refractivity contribution is 7.45. The molecule has 0 heterocycles. The van der Waals surface area contributed by atoms with Gasteiger partial charge in [-0.25, -0.2) is 0 Å². The van der Waals surface area contributed by atoms with Crippen molar-refractivity contribution in [3.63, 3.8) is 0 Å². The van der Waals surface area contributed by atoms with Gasteiger partial charge in [0, 0.05) is 40.9 Å². The third-order valence-corrected chi connectivity index (χ3v) is 7.44. The summed E-state index contributed by atoms with van der Waals surface area (Å²) in [7, 11) is 0.331. The summed E-state index contributed by atoms with van der Waals surface area (Å²) in [5, 5.41) is 3.04. The minimum Gasteiger partial charge on any atom is -0.756 e. The van der Waals surface area contributed by atoms with Crippen LogP contribution in [0.3, 0.4) is 0 Å². The zero-order valence-electron chi connectivity index (χ0n) is 26.1. The van der Waals surface area contributed by atoms with Gasteiger partial charge < -0.3 is 42.9 Å². The summed E-state index contributed by atoms with van der Waals surface area (Å²) >= 11 is 0. The van der Waals surface area contributed by atoms with E-state index in [-0.39, 0.29) is 18.6 Å². The average molecular weight is 613 g/mol. The van der Waals surface area contributed by atoms with Gasteiger partial charge in [-0.1, -0.05) is 64.2 Å². The Morgan fingerprint density at radius 1 is 0.659 bits per heavy atom. The van der Waals surface area contributed by atoms with Crippen LogP contribution in [0.1, 0.15) is 96.3 Å². The molecule has 11 nitrogen and oxygen atoms in total. The molecule has 0 radical (unpaired) electrons. The number of phosphoric acid groups is 1. The van der Waals surface area contributed by atoms with Crippen molar-refractivity contribution in [1.82, 2.24) is 5.32 Å². The first-order valence-electron chi connectivity index (χ1n) is 15.5. The molecule has 0 aliphatic rings. The standard InChI is InChI=1S/C29H60NO10P/c1-34-22-24-38-27-28(39-25-23-35-2)26-37-20-16-13-10-14-18-29(31)30-19-15-11-8-6-4-5-7-9-12-17-21-40-41(32,33)36-3/h28H,4-27H2,1-3H3,(H,30,31)(H,32,33)/p-1. The second kappa shape index (κ2) is 30.8. The van der Waals surface area contributed by atoms with E-state index in [0.717, 1.165) is 77.9 Å². The van der Waals surface area contributed by atoms with Crippen molar-refractivity contribution < 1.29 is 47.0 Å². The van der Waals surface area contributed by atoms with Gasteiger partial charge in [0.2, 0.25) is 5.91 Å². The number of rotatable bonds is 33. The van der Waals surface area contributed by atoms with Crippen LogP contribution in [-0.4, -0.2) is 92.7 Å². The Balaban J connectivity index is 3.46. The Hall–Kier alpha value is -0.620. The van der Waals surface area contributed by atoms with Crippen molar-refractivity contribution in [2.75, 3.05) is 80.7 Å². The highest BCUT2D eigenvalue weighted by atomic mass is 31.2. The van der Waals surface area contributed by atoms with E-state index in [1.54, 1.807) is 14.2 Å². The molecule has 0 aromatic carbocycles. The maximum atomic E-state index is 12.0. The van der Waals surface area contributed by atoms with Gasteiger partial charge in [0.1, 0.15) is 6.10 Å². The van der Waals surface area contributed by atoms with Crippen molar-refractivity contribution in [2.24, 2.45) is 0 Å². The fourth-order valence-electron chi connectivity index (χ4n) is 4.04. The summed E-state index contributed by atoms with van der Waals surface area (Å²) in [6.45, 7) is 4.72. The molecule has 0 aromatic heterocycles. The number of ether oxygens (including phenoxy) is 5. The van der Waals surface area contributed by atoms with E-state index >= 15 is 0 Å². The molecule has 1 amide bonds. The molecule has 1 N–H and O–H groups in total. The molecule has 0 saturated heterocycles. The highest BCUT2D eigenvalue weighted by Crippen LogP contribution is 2.36. The van der Waals surface area contributed by atoms with Gasteiger partial charge >= 0.3 is 0 Å². The van der Waals surface area contributed by atoms with Crippen LogP contribution in [-0.2, 0) is 42.1 Å². The number of carbonyl (C=O) groups is 1. The van der Waals surface area contributed by atoms with Crippen LogP contribution in [0.15, 0.2) is 0 Å². The van der Waals surface area contributed by atoms with Gasteiger partial charge in [-0.15, -0.1) is 0 Å². The molecule has 0 bridgehead atoms. The average Bonchev–Trinajstić information content (AvgIpc) is 2.96. The van der Waals surface area contributed by atoms with Gasteiger partial charge in [0.05, 0.1) is 46.2 Å². The predicted octanol–water partition coefficient (Wildman–Crippen LogP) is 4.80. The van der Waals surface area contributed by atoms with Crippen molar-refractivity contribution in [3.05, 3.63) is 0 Å². The lowest BCUT2D eigenvalue weighted by atomic mass is 10.1. The Kier molecular flexibility index (Phi) is 30.4. The summed E-state index contributed by atoms with van der Waals surface area (Å²) in [5.74, 6) is 0.150. The first-order valence-corrected chi connectivity index (χ1v) is 16.9. The number of hydrogen-bond acceptors (Lipinski definition) is 10. The summed E-state index contributed by atoms with van der Waals surface area (Å²) < 4.78 is 47.1. The van der Waals surface area contributed by atoms with E-state index in [0.29, 0.717) is 52.7 Å². The molecule has 0 aromatic rings. The lowest BCUT2D eigenvalue weighted by Gasteiger charge is -2.19. The Morgan fingerprint density at radius 3 is 1.78 bits per heavy atom. The van der Waals surface area contributed by atoms with E-state index in [9.17, 15) is 14.3 Å². The maximum absolute atomic E-state index is 12.0. The molecule has 0 spiro atoms. The van der Waals surface area contributed by atoms with Crippen molar-refractivity contribution in [2.45, 2.75) is 102 Å². The zero-order valence-corrected chi connectivity index (χ0v) is 27.0. The SMILES string of the molecule is COCCOCC(COCCCCCCC(=O)NCCCCCCCCCCCCOP(=O)([O-])OC)OCCOC. The zero-order chi connectivity index (χ0) is 30.3. The van der Waals surface area contributed by atoms with Crippen LogP contribution in [0.2, 0.25) is 0 Å². The molecule has 2 atom stereocenters. The number of unbranched alkanes of at least 4 members (excludes halogenated alkanes) is 12. The Labute approximate surface area is 249 Å². The molecule has 246 valence electrons. The normalized spacial score (nSPS) is 13.8. The van der Waals surface area contributed by atoms with Crippen LogP contribution >= 0.6 is 7.82 Å².